The lowest BCUT2D eigenvalue weighted by atomic mass is 10.1. The molecule has 4 aliphatic rings. The zero-order valence-corrected chi connectivity index (χ0v) is 27.2. The molecule has 3 amide bonds. The minimum absolute atomic E-state index is 0. The molecule has 4 heterocycles. The van der Waals surface area contributed by atoms with Crippen LogP contribution in [0.2, 0.25) is 0 Å². The first-order valence-electron chi connectivity index (χ1n) is 16.8. The van der Waals surface area contributed by atoms with E-state index in [0.29, 0.717) is 57.1 Å². The van der Waals surface area contributed by atoms with Gasteiger partial charge in [0.25, 0.3) is 0 Å². The quantitative estimate of drug-likeness (QED) is 0.332. The molecular formula is C35H73N5O6. The number of piperidine rings is 4. The molecule has 46 heavy (non-hydrogen) atoms. The van der Waals surface area contributed by atoms with Crippen LogP contribution in [0.25, 0.3) is 0 Å². The Hall–Kier alpha value is -2.08. The second-order valence-corrected chi connectivity index (χ2v) is 12.0. The van der Waals surface area contributed by atoms with E-state index in [0.717, 1.165) is 97.1 Å². The standard InChI is InChI=1S/C9H18N2O.C9H17NO2.C9H15NO2.C5H11NO.3CH4/c1-2-3-9(12)11-6-4-8(10)5-7-11;2*1-2-3-9(12)10-6-4-8(11)5-7-10;7-5-1-3-6-4-2-5;;;/h8H,2-7,10H2,1H3;8,11H,2-7H2,1H3;2-7H2,1H3;5-7H,1-4H2;3*1H4. The summed E-state index contributed by atoms with van der Waals surface area (Å²) in [6.07, 6.45) is 10.9. The van der Waals surface area contributed by atoms with Crippen LogP contribution in [-0.2, 0) is 19.2 Å². The van der Waals surface area contributed by atoms with E-state index in [1.54, 1.807) is 4.90 Å². The predicted molar refractivity (Wildman–Crippen MR) is 189 cm³/mol. The summed E-state index contributed by atoms with van der Waals surface area (Å²) in [6.45, 7) is 12.5. The summed E-state index contributed by atoms with van der Waals surface area (Å²) in [5, 5.41) is 21.2. The Kier molecular flexibility index (Phi) is 30.6. The number of carbonyl (C=O) groups excluding carboxylic acids is 4. The number of carbonyl (C=O) groups is 4. The maximum atomic E-state index is 11.4. The number of likely N-dealkylation sites (tertiary alicyclic amines) is 3. The normalized spacial score (nSPS) is 18.8. The van der Waals surface area contributed by atoms with Crippen LogP contribution in [0.5, 0.6) is 0 Å². The van der Waals surface area contributed by atoms with E-state index in [2.05, 4.69) is 5.32 Å². The number of rotatable bonds is 6. The van der Waals surface area contributed by atoms with Gasteiger partial charge in [-0.1, -0.05) is 43.1 Å². The van der Waals surface area contributed by atoms with Crippen molar-refractivity contribution in [1.29, 1.82) is 0 Å². The van der Waals surface area contributed by atoms with Crippen molar-refractivity contribution in [2.45, 2.75) is 151 Å². The second kappa shape index (κ2) is 29.1. The van der Waals surface area contributed by atoms with Crippen molar-refractivity contribution in [2.75, 3.05) is 52.4 Å². The van der Waals surface area contributed by atoms with Crippen molar-refractivity contribution >= 4 is 23.5 Å². The summed E-state index contributed by atoms with van der Waals surface area (Å²) in [5.41, 5.74) is 5.73. The Morgan fingerprint density at radius 3 is 1.28 bits per heavy atom. The molecule has 0 aromatic carbocycles. The highest BCUT2D eigenvalue weighted by Crippen LogP contribution is 2.12. The smallest absolute Gasteiger partial charge is 0.222 e. The molecule has 0 spiro atoms. The molecule has 4 rings (SSSR count). The third-order valence-electron chi connectivity index (χ3n) is 8.08. The van der Waals surface area contributed by atoms with Crippen molar-refractivity contribution < 1.29 is 29.4 Å². The molecule has 274 valence electrons. The fourth-order valence-corrected chi connectivity index (χ4v) is 5.19. The molecule has 4 fully saturated rings. The lowest BCUT2D eigenvalue weighted by Gasteiger charge is -2.30. The van der Waals surface area contributed by atoms with Crippen LogP contribution in [-0.4, -0.2) is 119 Å². The van der Waals surface area contributed by atoms with E-state index < -0.39 is 0 Å². The Bertz CT molecular complexity index is 746. The fourth-order valence-electron chi connectivity index (χ4n) is 5.19. The fraction of sp³-hybridized carbons (Fsp3) is 0.886. The van der Waals surface area contributed by atoms with E-state index >= 15 is 0 Å². The Labute approximate surface area is 282 Å². The molecule has 0 bridgehead atoms. The lowest BCUT2D eigenvalue weighted by molar-refractivity contribution is -0.135. The number of aliphatic hydroxyl groups is 2. The first kappa shape index (κ1) is 48.3. The van der Waals surface area contributed by atoms with E-state index in [1.165, 1.54) is 0 Å². The van der Waals surface area contributed by atoms with Crippen molar-refractivity contribution in [3.8, 4) is 0 Å². The summed E-state index contributed by atoms with van der Waals surface area (Å²) in [6, 6.07) is 0.315. The maximum absolute atomic E-state index is 11.4. The minimum atomic E-state index is -0.185. The van der Waals surface area contributed by atoms with Crippen LogP contribution in [0.3, 0.4) is 0 Å². The highest BCUT2D eigenvalue weighted by Gasteiger charge is 2.21. The molecule has 4 aliphatic heterocycles. The number of aliphatic hydroxyl groups excluding tert-OH is 2. The molecule has 0 aromatic heterocycles. The van der Waals surface area contributed by atoms with Crippen molar-refractivity contribution in [1.82, 2.24) is 20.0 Å². The van der Waals surface area contributed by atoms with Gasteiger partial charge >= 0.3 is 0 Å². The Balaban J connectivity index is -0.000000532. The van der Waals surface area contributed by atoms with E-state index in [4.69, 9.17) is 10.8 Å². The lowest BCUT2D eigenvalue weighted by Crippen LogP contribution is -2.42. The molecule has 0 aromatic rings. The van der Waals surface area contributed by atoms with Gasteiger partial charge in [-0.25, -0.2) is 0 Å². The van der Waals surface area contributed by atoms with Gasteiger partial charge in [0.15, 0.2) is 0 Å². The molecule has 0 radical (unpaired) electrons. The number of nitrogens with two attached hydrogens (primary N) is 1. The summed E-state index contributed by atoms with van der Waals surface area (Å²) < 4.78 is 0. The summed E-state index contributed by atoms with van der Waals surface area (Å²) in [7, 11) is 0. The zero-order chi connectivity index (χ0) is 32.0. The minimum Gasteiger partial charge on any atom is -0.393 e. The number of hydrogen-bond donors (Lipinski definition) is 4. The molecule has 11 heteroatoms. The number of Topliss-reactive ketones (excluding diaryl/α,β-unsaturated/α-hetero) is 1. The molecule has 0 saturated carbocycles. The predicted octanol–water partition coefficient (Wildman–Crippen LogP) is 4.12. The van der Waals surface area contributed by atoms with Gasteiger partial charge < -0.3 is 36.0 Å². The molecule has 0 aliphatic carbocycles. The molecule has 11 nitrogen and oxygen atoms in total. The number of amides is 3. The third kappa shape index (κ3) is 21.7. The van der Waals surface area contributed by atoms with Gasteiger partial charge in [0.2, 0.25) is 17.7 Å². The van der Waals surface area contributed by atoms with Crippen LogP contribution in [0.15, 0.2) is 0 Å². The van der Waals surface area contributed by atoms with Crippen LogP contribution in [0.4, 0.5) is 0 Å². The summed E-state index contributed by atoms with van der Waals surface area (Å²) >= 11 is 0. The van der Waals surface area contributed by atoms with Gasteiger partial charge in [0.05, 0.1) is 12.2 Å². The molecule has 0 unspecified atom stereocenters. The third-order valence-corrected chi connectivity index (χ3v) is 8.08. The Morgan fingerprint density at radius 2 is 0.957 bits per heavy atom. The molecular weight excluding hydrogens is 586 g/mol. The van der Waals surface area contributed by atoms with Gasteiger partial charge in [-0.05, 0) is 70.9 Å². The number of ketones is 1. The van der Waals surface area contributed by atoms with Gasteiger partial charge in [-0.3, -0.25) is 19.2 Å². The van der Waals surface area contributed by atoms with Gasteiger partial charge in [0, 0.05) is 77.4 Å². The van der Waals surface area contributed by atoms with Crippen LogP contribution in [0, 0.1) is 0 Å². The van der Waals surface area contributed by atoms with Crippen molar-refractivity contribution in [3.63, 3.8) is 0 Å². The maximum Gasteiger partial charge on any atom is 0.222 e. The van der Waals surface area contributed by atoms with Crippen LogP contribution in [0.1, 0.15) is 133 Å². The zero-order valence-electron chi connectivity index (χ0n) is 27.2. The summed E-state index contributed by atoms with van der Waals surface area (Å²) in [5.74, 6) is 1.02. The average molecular weight is 660 g/mol. The first-order chi connectivity index (χ1) is 20.6. The largest absolute Gasteiger partial charge is 0.393 e. The van der Waals surface area contributed by atoms with Crippen molar-refractivity contribution in [3.05, 3.63) is 0 Å². The number of nitrogens with one attached hydrogen (secondary N) is 1. The number of hydrogen-bond acceptors (Lipinski definition) is 8. The van der Waals surface area contributed by atoms with Crippen LogP contribution < -0.4 is 11.1 Å². The van der Waals surface area contributed by atoms with Crippen molar-refractivity contribution in [2.24, 2.45) is 5.73 Å². The van der Waals surface area contributed by atoms with E-state index in [1.807, 2.05) is 30.6 Å². The number of nitrogens with zero attached hydrogens (tertiary/aromatic N) is 3. The monoisotopic (exact) mass is 660 g/mol. The highest BCUT2D eigenvalue weighted by molar-refractivity contribution is 5.83. The highest BCUT2D eigenvalue weighted by atomic mass is 16.3. The second-order valence-electron chi connectivity index (χ2n) is 12.0. The van der Waals surface area contributed by atoms with Gasteiger partial charge in [-0.15, -0.1) is 0 Å². The first-order valence-corrected chi connectivity index (χ1v) is 16.8. The molecule has 0 atom stereocenters. The summed E-state index contributed by atoms with van der Waals surface area (Å²) in [4.78, 5) is 50.5. The molecule has 5 N–H and O–H groups in total. The SMILES string of the molecule is C.C.C.CCCC(=O)N1CCC(=O)CC1.CCCC(=O)N1CCC(N)CC1.CCCC(=O)N1CCC(O)CC1.OC1CCNCC1. The topological polar surface area (TPSA) is 157 Å². The van der Waals surface area contributed by atoms with Gasteiger partial charge in [0.1, 0.15) is 5.78 Å². The average Bonchev–Trinajstić information content (AvgIpc) is 3.00. The molecule has 4 saturated heterocycles. The van der Waals surface area contributed by atoms with Crippen LogP contribution >= 0.6 is 0 Å². The van der Waals surface area contributed by atoms with E-state index in [-0.39, 0.29) is 52.1 Å². The van der Waals surface area contributed by atoms with E-state index in [9.17, 15) is 24.3 Å². The van der Waals surface area contributed by atoms with Gasteiger partial charge in [-0.2, -0.15) is 0 Å². The Morgan fingerprint density at radius 1 is 0.630 bits per heavy atom.